The van der Waals surface area contributed by atoms with Crippen molar-refractivity contribution in [2.24, 2.45) is 0 Å². The predicted molar refractivity (Wildman–Crippen MR) is 51.3 cm³/mol. The monoisotopic (exact) mass is 506 g/mol. The Kier molecular flexibility index (Phi) is 211000. The Balaban J connectivity index is 0. The summed E-state index contributed by atoms with van der Waals surface area (Å²) in [5.74, 6) is 0. The Morgan fingerprint density at radius 3 is 0.300 bits per heavy atom. The van der Waals surface area contributed by atoms with Gasteiger partial charge in [-0.1, -0.05) is 0 Å². The van der Waals surface area contributed by atoms with E-state index in [1.54, 1.807) is 0 Å². The van der Waals surface area contributed by atoms with Crippen LogP contribution in [0.3, 0.4) is 0 Å². The van der Waals surface area contributed by atoms with Gasteiger partial charge in [0.15, 0.2) is 0 Å². The molecule has 0 atom stereocenters. The van der Waals surface area contributed by atoms with Crippen molar-refractivity contribution in [1.82, 2.24) is 0 Å². The van der Waals surface area contributed by atoms with Crippen LogP contribution in [0, 0.1) is 59.4 Å². The van der Waals surface area contributed by atoms with Gasteiger partial charge in [-0.2, -0.15) is 0 Å². The van der Waals surface area contributed by atoms with Gasteiger partial charge in [0.25, 0.3) is 0 Å². The Hall–Kier alpha value is 0.779. The van der Waals surface area contributed by atoms with E-state index in [4.69, 9.17) is 0 Å². The van der Waals surface area contributed by atoms with Crippen LogP contribution in [0.5, 0.6) is 0 Å². The van der Waals surface area contributed by atoms with Gasteiger partial charge in [0.1, 0.15) is 0 Å². The second kappa shape index (κ2) is 1240. The van der Waals surface area contributed by atoms with Crippen molar-refractivity contribution >= 4 is 0 Å². The average molecular weight is 505 g/mol. The van der Waals surface area contributed by atoms with Gasteiger partial charge in [-0.15, -0.1) is 0 Å². The number of hydrogen-bond donors (Lipinski definition) is 0. The van der Waals surface area contributed by atoms with Crippen LogP contribution in [-0.2, 0) is 40.2 Å². The molecule has 0 nitrogen and oxygen atoms in total. The third-order valence-corrected chi connectivity index (χ3v) is 0. The van der Waals surface area contributed by atoms with Gasteiger partial charge in [0.2, 0.25) is 0 Å². The minimum atomic E-state index is 0. The first-order valence-electron chi connectivity index (χ1n) is 0. The molecule has 0 aliphatic rings. The number of rotatable bonds is 0. The van der Waals surface area contributed by atoms with Crippen molar-refractivity contribution in [1.29, 1.82) is 0 Å². The summed E-state index contributed by atoms with van der Waals surface area (Å²) in [7, 11) is 0. The molecule has 0 aromatic rings. The summed E-state index contributed by atoms with van der Waals surface area (Å²) in [6.45, 7) is 0. The van der Waals surface area contributed by atoms with E-state index in [0.29, 0.717) is 0 Å². The third-order valence-electron chi connectivity index (χ3n) is 0. The molecule has 0 bridgehead atoms. The molecule has 0 rings (SSSR count). The normalized spacial score (nSPS) is 0. The zero-order valence-corrected chi connectivity index (χ0v) is 13.5. The van der Waals surface area contributed by atoms with E-state index >= 15 is 0 Å². The first kappa shape index (κ1) is 1700. The molecule has 0 aliphatic heterocycles. The largest absolute Gasteiger partial charge is 0.358 e. The smallest absolute Gasteiger partial charge is 0.0467 e. The van der Waals surface area contributed by atoms with E-state index in [2.05, 4.69) is 0 Å². The molecule has 0 fully saturated rings. The van der Waals surface area contributed by atoms with Gasteiger partial charge in [0, 0.05) is 69.9 Å². The van der Waals surface area contributed by atoms with E-state index < -0.39 is 0 Å². The quantitative estimate of drug-likeness (QED) is 0.443. The minimum Gasteiger partial charge on any atom is -0.358 e. The zero-order valence-electron chi connectivity index (χ0n) is 8.67. The summed E-state index contributed by atoms with van der Waals surface area (Å²) in [6.07, 6.45) is 0. The molecule has 0 saturated carbocycles. The molecule has 0 saturated heterocycles. The molecule has 0 aromatic heterocycles. The topological polar surface area (TPSA) is 0 Å². The van der Waals surface area contributed by atoms with Crippen LogP contribution < -0.4 is 0 Å². The summed E-state index contributed by atoms with van der Waals surface area (Å²) < 4.78 is 0. The fourth-order valence-electron chi connectivity index (χ4n) is 0. The maximum atomic E-state index is 0. The Labute approximate surface area is 99.3 Å². The van der Waals surface area contributed by atoms with Gasteiger partial charge in [-0.25, -0.2) is 0 Å². The summed E-state index contributed by atoms with van der Waals surface area (Å²) in [4.78, 5) is 0. The summed E-state index contributed by atoms with van der Waals surface area (Å²) in [6, 6.07) is 0. The van der Waals surface area contributed by atoms with E-state index in [1.165, 1.54) is 0 Å². The Bertz CT molecular complexity index is 7.22. The second-order valence-corrected chi connectivity index (χ2v) is 0. The fourth-order valence-corrected chi connectivity index (χ4v) is 0. The molecule has 0 N–H and O–H groups in total. The van der Waals surface area contributed by atoms with Gasteiger partial charge in [-0.3, -0.25) is 0 Å². The second-order valence-electron chi connectivity index (χ2n) is 0. The van der Waals surface area contributed by atoms with Gasteiger partial charge >= 0.3 is 0 Å². The van der Waals surface area contributed by atoms with Crippen molar-refractivity contribution in [3.63, 3.8) is 0 Å². The molecule has 2 radical (unpaired) electrons. The molecule has 0 unspecified atom stereocenters. The molecular formula is C8H24Ir2. The molecule has 0 heterocycles. The molecule has 0 aliphatic carbocycles. The third kappa shape index (κ3) is 876. The first-order chi connectivity index (χ1) is 0. The van der Waals surface area contributed by atoms with Crippen LogP contribution in [-0.4, -0.2) is 0 Å². The first-order valence-corrected chi connectivity index (χ1v) is 0. The summed E-state index contributed by atoms with van der Waals surface area (Å²) in [5.41, 5.74) is 0. The van der Waals surface area contributed by atoms with E-state index in [9.17, 15) is 0 Å². The maximum absolute atomic E-state index is 0. The van der Waals surface area contributed by atoms with Crippen molar-refractivity contribution in [3.8, 4) is 0 Å². The van der Waals surface area contributed by atoms with Crippen LogP contribution in [0.1, 0.15) is 0 Å². The number of hydrogen-bond acceptors (Lipinski definition) is 0. The summed E-state index contributed by atoms with van der Waals surface area (Å²) in [5, 5.41) is 0. The fraction of sp³-hybridized carbons (Fsp3) is 0. The predicted octanol–water partition coefficient (Wildman–Crippen LogP) is 3.60. The zero-order chi connectivity index (χ0) is 0. The van der Waals surface area contributed by atoms with Gasteiger partial charge < -0.3 is 29.7 Å². The minimum absolute atomic E-state index is 0. The Morgan fingerprint density at radius 2 is 0.300 bits per heavy atom. The van der Waals surface area contributed by atoms with Crippen molar-refractivity contribution in [3.05, 3.63) is 59.4 Å². The van der Waals surface area contributed by atoms with Crippen molar-refractivity contribution < 1.29 is 40.2 Å². The van der Waals surface area contributed by atoms with Crippen LogP contribution in [0.2, 0.25) is 0 Å². The van der Waals surface area contributed by atoms with Gasteiger partial charge in [0.05, 0.1) is 0 Å². The average Bonchev–Trinajstić information content (AvgIpc) is 0. The molecule has 0 spiro atoms. The standard InChI is InChI=1S/8CH3.2Ir/h8*1H3;;/q4*-1;4*+1;;. The van der Waals surface area contributed by atoms with E-state index in [1.807, 2.05) is 0 Å². The molecule has 10 heavy (non-hydrogen) atoms. The van der Waals surface area contributed by atoms with Crippen LogP contribution in [0.15, 0.2) is 0 Å². The van der Waals surface area contributed by atoms with Crippen molar-refractivity contribution in [2.45, 2.75) is 0 Å². The molecule has 74 valence electrons. The van der Waals surface area contributed by atoms with E-state index in [0.717, 1.165) is 0 Å². The van der Waals surface area contributed by atoms with Crippen LogP contribution in [0.4, 0.5) is 0 Å². The molecule has 0 aromatic carbocycles. The van der Waals surface area contributed by atoms with Crippen LogP contribution >= 0.6 is 0 Å². The van der Waals surface area contributed by atoms with E-state index in [-0.39, 0.29) is 99.6 Å². The molecular weight excluding hydrogens is 481 g/mol. The maximum Gasteiger partial charge on any atom is 0.0467 e. The van der Waals surface area contributed by atoms with Crippen LogP contribution in [0.25, 0.3) is 0 Å². The Morgan fingerprint density at radius 1 is 0.300 bits per heavy atom. The molecule has 2 heteroatoms. The SMILES string of the molecule is [CH3+].[CH3+].[CH3+].[CH3+].[CH3-].[CH3-].[CH3-].[CH3-].[Ir].[Ir]. The van der Waals surface area contributed by atoms with Crippen molar-refractivity contribution in [2.75, 3.05) is 0 Å². The van der Waals surface area contributed by atoms with Gasteiger partial charge in [-0.05, 0) is 0 Å². The molecule has 0 amide bonds. The summed E-state index contributed by atoms with van der Waals surface area (Å²) >= 11 is 0.